The van der Waals surface area contributed by atoms with Gasteiger partial charge >= 0.3 is 12.1 Å². The predicted molar refractivity (Wildman–Crippen MR) is 156 cm³/mol. The molecule has 1 N–H and O–H groups in total. The van der Waals surface area contributed by atoms with Crippen molar-refractivity contribution in [2.75, 3.05) is 10.2 Å². The first-order valence-corrected chi connectivity index (χ1v) is 13.5. The number of alkyl halides is 3. The molecule has 6 nitrogen and oxygen atoms in total. The fourth-order valence-corrected chi connectivity index (χ4v) is 4.54. The van der Waals surface area contributed by atoms with Gasteiger partial charge < -0.3 is 10.1 Å². The molecule has 220 valence electrons. The number of nitrogens with zero attached hydrogens (tertiary/aromatic N) is 1. The van der Waals surface area contributed by atoms with Crippen LogP contribution in [0.25, 0.3) is 0 Å². The number of halogens is 4. The number of amides is 2. The van der Waals surface area contributed by atoms with Crippen molar-refractivity contribution < 1.29 is 32.3 Å². The van der Waals surface area contributed by atoms with Crippen LogP contribution in [-0.2, 0) is 26.6 Å². The Balaban J connectivity index is 1.52. The molecule has 0 saturated heterocycles. The normalized spacial score (nSPS) is 14.5. The number of ether oxygens (including phenoxy) is 1. The third-order valence-electron chi connectivity index (χ3n) is 6.71. The molecule has 4 rings (SSSR count). The van der Waals surface area contributed by atoms with Gasteiger partial charge in [0.1, 0.15) is 16.5 Å². The minimum atomic E-state index is -4.66. The van der Waals surface area contributed by atoms with Crippen molar-refractivity contribution in [2.24, 2.45) is 0 Å². The van der Waals surface area contributed by atoms with Crippen LogP contribution in [0.2, 0.25) is 0 Å². The van der Waals surface area contributed by atoms with Gasteiger partial charge in [-0.2, -0.15) is 13.2 Å². The third-order valence-corrected chi connectivity index (χ3v) is 7.06. The molecule has 42 heavy (non-hydrogen) atoms. The maximum Gasteiger partial charge on any atom is 0.416 e. The van der Waals surface area contributed by atoms with Gasteiger partial charge in [-0.1, -0.05) is 71.3 Å². The second kappa shape index (κ2) is 10.9. The van der Waals surface area contributed by atoms with Crippen LogP contribution in [0.15, 0.2) is 77.5 Å². The highest BCUT2D eigenvalue weighted by Crippen LogP contribution is 2.37. The highest BCUT2D eigenvalue weighted by Gasteiger charge is 2.40. The van der Waals surface area contributed by atoms with E-state index in [-0.39, 0.29) is 27.8 Å². The lowest BCUT2D eigenvalue weighted by atomic mass is 9.80. The van der Waals surface area contributed by atoms with Crippen LogP contribution in [0.4, 0.5) is 24.5 Å². The molecule has 1 aliphatic rings. The zero-order valence-corrected chi connectivity index (χ0v) is 24.7. The zero-order valence-electron chi connectivity index (χ0n) is 23.9. The second-order valence-corrected chi connectivity index (χ2v) is 12.4. The van der Waals surface area contributed by atoms with Crippen LogP contribution in [-0.4, -0.2) is 17.8 Å². The molecule has 1 heterocycles. The predicted octanol–water partition coefficient (Wildman–Crippen LogP) is 7.96. The van der Waals surface area contributed by atoms with Crippen LogP contribution < -0.4 is 15.0 Å². The summed E-state index contributed by atoms with van der Waals surface area (Å²) in [7, 11) is 0. The van der Waals surface area contributed by atoms with E-state index in [1.54, 1.807) is 6.07 Å². The van der Waals surface area contributed by atoms with Crippen molar-refractivity contribution in [1.29, 1.82) is 0 Å². The summed E-state index contributed by atoms with van der Waals surface area (Å²) in [6.45, 7) is 12.4. The van der Waals surface area contributed by atoms with Gasteiger partial charge in [0.2, 0.25) is 0 Å². The molecule has 1 aliphatic heterocycles. The fraction of sp³-hybridized carbons (Fsp3) is 0.281. The second-order valence-electron chi connectivity index (χ2n) is 12.0. The number of hydrogen-bond donors (Lipinski definition) is 1. The maximum atomic E-state index is 13.2. The molecule has 3 aromatic rings. The molecule has 0 fully saturated rings. The number of imide groups is 1. The zero-order chi connectivity index (χ0) is 31.2. The molecule has 10 heteroatoms. The van der Waals surface area contributed by atoms with Gasteiger partial charge in [0.25, 0.3) is 11.8 Å². The van der Waals surface area contributed by atoms with Crippen molar-refractivity contribution >= 4 is 40.8 Å². The van der Waals surface area contributed by atoms with Gasteiger partial charge in [-0.25, -0.2) is 9.69 Å². The number of nitrogens with one attached hydrogen (secondary N) is 1. The van der Waals surface area contributed by atoms with Crippen molar-refractivity contribution in [1.82, 2.24) is 0 Å². The van der Waals surface area contributed by atoms with Crippen molar-refractivity contribution in [2.45, 2.75) is 58.5 Å². The highest BCUT2D eigenvalue weighted by molar-refractivity contribution is 6.53. The topological polar surface area (TPSA) is 75.7 Å². The maximum absolute atomic E-state index is 13.2. The third kappa shape index (κ3) is 6.36. The molecule has 0 saturated carbocycles. The van der Waals surface area contributed by atoms with Gasteiger partial charge in [0, 0.05) is 11.3 Å². The largest absolute Gasteiger partial charge is 0.423 e. The molecule has 0 aliphatic carbocycles. The van der Waals surface area contributed by atoms with Gasteiger partial charge in [0.15, 0.2) is 0 Å². The Morgan fingerprint density at radius 1 is 0.810 bits per heavy atom. The average Bonchev–Trinajstić information content (AvgIpc) is 3.10. The minimum absolute atomic E-state index is 0.0842. The summed E-state index contributed by atoms with van der Waals surface area (Å²) in [6.07, 6.45) is -4.66. The quantitative estimate of drug-likeness (QED) is 0.183. The number of esters is 1. The molecule has 0 spiro atoms. The SMILES string of the molecule is CC(C)(C)c1ccc(OC(=O)c2ccc(NC3=C(Cl)C(=O)N(c4cccc(C(F)(F)F)c4)C3=O)cc2)c(C(C)(C)C)c1. The van der Waals surface area contributed by atoms with Gasteiger partial charge in [-0.15, -0.1) is 0 Å². The molecule has 0 radical (unpaired) electrons. The number of anilines is 2. The van der Waals surface area contributed by atoms with Crippen LogP contribution >= 0.6 is 11.6 Å². The summed E-state index contributed by atoms with van der Waals surface area (Å²) in [5.41, 5.74) is 0.599. The lowest BCUT2D eigenvalue weighted by Crippen LogP contribution is -2.32. The summed E-state index contributed by atoms with van der Waals surface area (Å²) in [5, 5.41) is 2.26. The van der Waals surface area contributed by atoms with E-state index in [0.29, 0.717) is 22.4 Å². The molecule has 0 unspecified atom stereocenters. The fourth-order valence-electron chi connectivity index (χ4n) is 4.33. The Labute approximate surface area is 247 Å². The Bertz CT molecular complexity index is 1600. The number of rotatable bonds is 5. The molecule has 2 amide bonds. The summed E-state index contributed by atoms with van der Waals surface area (Å²) >= 11 is 6.12. The number of benzene rings is 3. The first-order valence-electron chi connectivity index (χ1n) is 13.1. The lowest BCUT2D eigenvalue weighted by Gasteiger charge is -2.26. The Morgan fingerprint density at radius 2 is 1.45 bits per heavy atom. The van der Waals surface area contributed by atoms with E-state index in [1.165, 1.54) is 30.3 Å². The molecule has 0 aromatic heterocycles. The molecule has 0 atom stereocenters. The monoisotopic (exact) mass is 598 g/mol. The van der Waals surface area contributed by atoms with Crippen LogP contribution in [0.5, 0.6) is 5.75 Å². The van der Waals surface area contributed by atoms with Gasteiger partial charge in [-0.05, 0) is 64.9 Å². The van der Waals surface area contributed by atoms with Gasteiger partial charge in [-0.3, -0.25) is 9.59 Å². The van der Waals surface area contributed by atoms with Crippen molar-refractivity contribution in [3.63, 3.8) is 0 Å². The Hall–Kier alpha value is -4.11. The van der Waals surface area contributed by atoms with E-state index in [0.717, 1.165) is 23.3 Å². The molecule has 3 aromatic carbocycles. The molecular formula is C32H30ClF3N2O4. The number of carbonyl (C=O) groups is 3. The lowest BCUT2D eigenvalue weighted by molar-refractivity contribution is -0.137. The number of carbonyl (C=O) groups excluding carboxylic acids is 3. The average molecular weight is 599 g/mol. The summed E-state index contributed by atoms with van der Waals surface area (Å²) < 4.78 is 45.3. The van der Waals surface area contributed by atoms with E-state index in [9.17, 15) is 27.6 Å². The molecule has 0 bridgehead atoms. The number of hydrogen-bond acceptors (Lipinski definition) is 5. The highest BCUT2D eigenvalue weighted by atomic mass is 35.5. The summed E-state index contributed by atoms with van der Waals surface area (Å²) in [5.74, 6) is -2.02. The standard InChI is InChI=1S/C32H30ClF3N2O4/c1-30(2,3)19-12-15-24(23(17-19)31(4,5)6)42-29(41)18-10-13-21(14-11-18)37-26-25(33)27(39)38(28(26)40)22-9-7-8-20(16-22)32(34,35)36/h7-17,37H,1-6H3. The van der Waals surface area contributed by atoms with E-state index in [4.69, 9.17) is 16.3 Å². The first-order chi connectivity index (χ1) is 19.4. The summed E-state index contributed by atoms with van der Waals surface area (Å²) in [4.78, 5) is 39.3. The van der Waals surface area contributed by atoms with Crippen LogP contribution in [0, 0.1) is 0 Å². The van der Waals surface area contributed by atoms with Crippen LogP contribution in [0.1, 0.15) is 68.6 Å². The first kappa shape index (κ1) is 30.8. The van der Waals surface area contributed by atoms with Crippen LogP contribution in [0.3, 0.4) is 0 Å². The Morgan fingerprint density at radius 3 is 2.02 bits per heavy atom. The Kier molecular flexibility index (Phi) is 8.04. The van der Waals surface area contributed by atoms with Crippen molar-refractivity contribution in [3.8, 4) is 5.75 Å². The van der Waals surface area contributed by atoms with E-state index in [2.05, 4.69) is 32.2 Å². The van der Waals surface area contributed by atoms with E-state index in [1.807, 2.05) is 26.8 Å². The molecular weight excluding hydrogens is 569 g/mol. The van der Waals surface area contributed by atoms with Gasteiger partial charge in [0.05, 0.1) is 16.8 Å². The van der Waals surface area contributed by atoms with Crippen molar-refractivity contribution in [3.05, 3.63) is 99.7 Å². The van der Waals surface area contributed by atoms with E-state index < -0.39 is 34.6 Å². The van der Waals surface area contributed by atoms with E-state index >= 15 is 0 Å². The summed E-state index contributed by atoms with van der Waals surface area (Å²) in [6, 6.07) is 15.6. The minimum Gasteiger partial charge on any atom is -0.423 e. The smallest absolute Gasteiger partial charge is 0.416 e.